The van der Waals surface area contributed by atoms with Crippen LogP contribution in [0.25, 0.3) is 0 Å². The minimum absolute atomic E-state index is 0.0845. The quantitative estimate of drug-likeness (QED) is 0.439. The standard InChI is InChI=1S/C23H35N3O5/c1-6-16(4)12-19(13-27)25-21(28)17(5)24-22(29)20(15(2)3)26-23(30)31-14-18-10-8-7-9-11-18/h7-11,13,15-17,19-20H,6,12,14H2,1-5H3,(H,24,29)(H,25,28)(H,26,30). The lowest BCUT2D eigenvalue weighted by Gasteiger charge is -2.24. The smallest absolute Gasteiger partial charge is 0.408 e. The minimum atomic E-state index is -0.875. The molecule has 4 atom stereocenters. The van der Waals surface area contributed by atoms with Crippen LogP contribution in [0.2, 0.25) is 0 Å². The second-order valence-corrected chi connectivity index (χ2v) is 8.16. The highest BCUT2D eigenvalue weighted by Gasteiger charge is 2.28. The summed E-state index contributed by atoms with van der Waals surface area (Å²) in [6, 6.07) is 6.85. The molecule has 1 aromatic carbocycles. The Bertz CT molecular complexity index is 723. The molecule has 1 rings (SSSR count). The van der Waals surface area contributed by atoms with Crippen molar-refractivity contribution in [3.8, 4) is 0 Å². The van der Waals surface area contributed by atoms with Crippen LogP contribution in [0.1, 0.15) is 53.0 Å². The van der Waals surface area contributed by atoms with Crippen LogP contribution in [-0.4, -0.2) is 42.3 Å². The molecule has 0 aliphatic rings. The Kier molecular flexibility index (Phi) is 11.3. The first-order chi connectivity index (χ1) is 14.7. The maximum Gasteiger partial charge on any atom is 0.408 e. The van der Waals surface area contributed by atoms with Crippen molar-refractivity contribution in [2.45, 2.75) is 72.2 Å². The Morgan fingerprint density at radius 3 is 2.16 bits per heavy atom. The van der Waals surface area contributed by atoms with Gasteiger partial charge in [0.05, 0.1) is 6.04 Å². The number of aldehydes is 1. The fourth-order valence-corrected chi connectivity index (χ4v) is 2.85. The molecule has 0 aromatic heterocycles. The molecule has 0 aliphatic carbocycles. The monoisotopic (exact) mass is 433 g/mol. The molecule has 172 valence electrons. The SMILES string of the molecule is CCC(C)CC(C=O)NC(=O)C(C)NC(=O)C(NC(=O)OCc1ccccc1)C(C)C. The summed E-state index contributed by atoms with van der Waals surface area (Å²) < 4.78 is 5.18. The van der Waals surface area contributed by atoms with Gasteiger partial charge in [0.2, 0.25) is 11.8 Å². The summed E-state index contributed by atoms with van der Waals surface area (Å²) in [6.07, 6.45) is 1.42. The molecule has 0 radical (unpaired) electrons. The van der Waals surface area contributed by atoms with Gasteiger partial charge in [0, 0.05) is 0 Å². The van der Waals surface area contributed by atoms with Gasteiger partial charge in [-0.15, -0.1) is 0 Å². The molecule has 1 aromatic rings. The first-order valence-electron chi connectivity index (χ1n) is 10.7. The maximum atomic E-state index is 12.7. The van der Waals surface area contributed by atoms with Crippen molar-refractivity contribution in [2.24, 2.45) is 11.8 Å². The van der Waals surface area contributed by atoms with Gasteiger partial charge in [0.25, 0.3) is 0 Å². The highest BCUT2D eigenvalue weighted by atomic mass is 16.5. The van der Waals surface area contributed by atoms with E-state index in [4.69, 9.17) is 4.74 Å². The first kappa shape index (κ1) is 26.1. The minimum Gasteiger partial charge on any atom is -0.445 e. The van der Waals surface area contributed by atoms with Crippen LogP contribution in [0.15, 0.2) is 30.3 Å². The molecule has 0 bridgehead atoms. The number of benzene rings is 1. The zero-order valence-corrected chi connectivity index (χ0v) is 19.0. The van der Waals surface area contributed by atoms with Gasteiger partial charge in [0.1, 0.15) is 25.0 Å². The Labute approximate surface area is 184 Å². The molecule has 8 nitrogen and oxygen atoms in total. The molecule has 0 heterocycles. The predicted molar refractivity (Wildman–Crippen MR) is 118 cm³/mol. The van der Waals surface area contributed by atoms with Crippen LogP contribution < -0.4 is 16.0 Å². The summed E-state index contributed by atoms with van der Waals surface area (Å²) in [5, 5.41) is 7.81. The van der Waals surface area contributed by atoms with E-state index in [2.05, 4.69) is 16.0 Å². The predicted octanol–water partition coefficient (Wildman–Crippen LogP) is 2.56. The lowest BCUT2D eigenvalue weighted by atomic mass is 10.00. The molecule has 0 aliphatic heterocycles. The highest BCUT2D eigenvalue weighted by Crippen LogP contribution is 2.09. The normalized spacial score (nSPS) is 14.6. The number of rotatable bonds is 12. The van der Waals surface area contributed by atoms with E-state index in [1.165, 1.54) is 6.92 Å². The number of hydrogen-bond donors (Lipinski definition) is 3. The zero-order chi connectivity index (χ0) is 23.4. The van der Waals surface area contributed by atoms with Gasteiger partial charge in [-0.05, 0) is 30.7 Å². The highest BCUT2D eigenvalue weighted by molar-refractivity contribution is 5.92. The second-order valence-electron chi connectivity index (χ2n) is 8.16. The van der Waals surface area contributed by atoms with E-state index < -0.39 is 36.0 Å². The van der Waals surface area contributed by atoms with Crippen molar-refractivity contribution in [3.63, 3.8) is 0 Å². The molecular weight excluding hydrogens is 398 g/mol. The molecule has 4 unspecified atom stereocenters. The number of alkyl carbamates (subject to hydrolysis) is 1. The molecular formula is C23H35N3O5. The third-order valence-electron chi connectivity index (χ3n) is 5.03. The van der Waals surface area contributed by atoms with E-state index >= 15 is 0 Å². The fourth-order valence-electron chi connectivity index (χ4n) is 2.85. The largest absolute Gasteiger partial charge is 0.445 e. The third-order valence-corrected chi connectivity index (χ3v) is 5.03. The van der Waals surface area contributed by atoms with E-state index in [9.17, 15) is 19.2 Å². The number of carbonyl (C=O) groups excluding carboxylic acids is 4. The third kappa shape index (κ3) is 9.63. The number of ether oxygens (including phenoxy) is 1. The molecule has 8 heteroatoms. The first-order valence-corrected chi connectivity index (χ1v) is 10.7. The second kappa shape index (κ2) is 13.4. The van der Waals surface area contributed by atoms with Crippen LogP contribution in [0.5, 0.6) is 0 Å². The van der Waals surface area contributed by atoms with Crippen LogP contribution >= 0.6 is 0 Å². The summed E-state index contributed by atoms with van der Waals surface area (Å²) in [4.78, 5) is 48.4. The van der Waals surface area contributed by atoms with Crippen LogP contribution in [-0.2, 0) is 25.7 Å². The summed E-state index contributed by atoms with van der Waals surface area (Å²) in [5.74, 6) is -0.897. The van der Waals surface area contributed by atoms with Crippen LogP contribution in [0.3, 0.4) is 0 Å². The van der Waals surface area contributed by atoms with Gasteiger partial charge in [-0.1, -0.05) is 64.4 Å². The van der Waals surface area contributed by atoms with Crippen molar-refractivity contribution < 1.29 is 23.9 Å². The average molecular weight is 434 g/mol. The molecule has 0 fully saturated rings. The van der Waals surface area contributed by atoms with Gasteiger partial charge < -0.3 is 25.5 Å². The van der Waals surface area contributed by atoms with Gasteiger partial charge in [-0.3, -0.25) is 9.59 Å². The fraction of sp³-hybridized carbons (Fsp3) is 0.565. The van der Waals surface area contributed by atoms with Crippen molar-refractivity contribution in [1.82, 2.24) is 16.0 Å². The number of nitrogens with one attached hydrogen (secondary N) is 3. The van der Waals surface area contributed by atoms with Crippen molar-refractivity contribution in [1.29, 1.82) is 0 Å². The molecule has 3 amide bonds. The van der Waals surface area contributed by atoms with Gasteiger partial charge in [-0.25, -0.2) is 4.79 Å². The van der Waals surface area contributed by atoms with E-state index in [1.807, 2.05) is 44.2 Å². The van der Waals surface area contributed by atoms with Crippen LogP contribution in [0.4, 0.5) is 4.79 Å². The molecule has 3 N–H and O–H groups in total. The topological polar surface area (TPSA) is 114 Å². The summed E-state index contributed by atoms with van der Waals surface area (Å²) in [7, 11) is 0. The van der Waals surface area contributed by atoms with Gasteiger partial charge in [-0.2, -0.15) is 0 Å². The van der Waals surface area contributed by atoms with Crippen molar-refractivity contribution in [2.75, 3.05) is 0 Å². The van der Waals surface area contributed by atoms with Crippen molar-refractivity contribution >= 4 is 24.2 Å². The molecule has 0 saturated carbocycles. The van der Waals surface area contributed by atoms with Gasteiger partial charge >= 0.3 is 6.09 Å². The Morgan fingerprint density at radius 1 is 0.968 bits per heavy atom. The van der Waals surface area contributed by atoms with E-state index in [0.717, 1.165) is 12.0 Å². The maximum absolute atomic E-state index is 12.7. The number of hydrogen-bond acceptors (Lipinski definition) is 5. The average Bonchev–Trinajstić information content (AvgIpc) is 2.75. The Balaban J connectivity index is 2.60. The lowest BCUT2D eigenvalue weighted by Crippen LogP contribution is -2.55. The van der Waals surface area contributed by atoms with Crippen LogP contribution in [0, 0.1) is 11.8 Å². The number of amides is 3. The summed E-state index contributed by atoms with van der Waals surface area (Å²) >= 11 is 0. The Morgan fingerprint density at radius 2 is 1.61 bits per heavy atom. The molecule has 0 saturated heterocycles. The van der Waals surface area contributed by atoms with E-state index in [0.29, 0.717) is 12.7 Å². The molecule has 0 spiro atoms. The van der Waals surface area contributed by atoms with Gasteiger partial charge in [0.15, 0.2) is 0 Å². The summed E-state index contributed by atoms with van der Waals surface area (Å²) in [5.41, 5.74) is 0.829. The van der Waals surface area contributed by atoms with E-state index in [1.54, 1.807) is 13.8 Å². The molecule has 31 heavy (non-hydrogen) atoms. The lowest BCUT2D eigenvalue weighted by molar-refractivity contribution is -0.131. The Hall–Kier alpha value is -2.90. The summed E-state index contributed by atoms with van der Waals surface area (Å²) in [6.45, 7) is 9.19. The van der Waals surface area contributed by atoms with Crippen molar-refractivity contribution in [3.05, 3.63) is 35.9 Å². The number of carbonyl (C=O) groups is 4. The van der Waals surface area contributed by atoms with E-state index in [-0.39, 0.29) is 18.4 Å². The zero-order valence-electron chi connectivity index (χ0n) is 19.0.